The van der Waals surface area contributed by atoms with Gasteiger partial charge >= 0.3 is 6.09 Å². The number of hydrogen-bond donors (Lipinski definition) is 2. The molecule has 2 rings (SSSR count). The number of benzene rings is 1. The maximum absolute atomic E-state index is 11.5. The Hall–Kier alpha value is -1.95. The molecule has 2 atom stereocenters. The molecule has 0 aliphatic carbocycles. The molecular formula is C16H23NO5. The molecular weight excluding hydrogens is 286 g/mol. The van der Waals surface area contributed by atoms with Crippen LogP contribution in [0.3, 0.4) is 0 Å². The Morgan fingerprint density at radius 3 is 2.36 bits per heavy atom. The Kier molecular flexibility index (Phi) is 4.51. The lowest BCUT2D eigenvalue weighted by Gasteiger charge is -2.40. The predicted molar refractivity (Wildman–Crippen MR) is 81.5 cm³/mol. The molecule has 0 unspecified atom stereocenters. The minimum atomic E-state index is -1.06. The molecule has 1 amide bonds. The summed E-state index contributed by atoms with van der Waals surface area (Å²) in [5, 5.41) is 20.0. The minimum Gasteiger partial charge on any atom is -0.486 e. The molecule has 0 aromatic heterocycles. The normalized spacial score (nSPS) is 16.8. The SMILES string of the molecule is C[C@@H]([C@@H](O)c1ccc2c(c1)OCCO2)N(C(=O)O)C(C)(C)C. The van der Waals surface area contributed by atoms with Crippen LogP contribution in [-0.4, -0.2) is 46.0 Å². The van der Waals surface area contributed by atoms with Gasteiger partial charge < -0.3 is 19.7 Å². The van der Waals surface area contributed by atoms with Crippen LogP contribution in [0.15, 0.2) is 18.2 Å². The highest BCUT2D eigenvalue weighted by molar-refractivity contribution is 5.66. The zero-order valence-electron chi connectivity index (χ0n) is 13.4. The van der Waals surface area contributed by atoms with Gasteiger partial charge in [0.1, 0.15) is 13.2 Å². The van der Waals surface area contributed by atoms with E-state index < -0.39 is 23.8 Å². The number of fused-ring (bicyclic) bond motifs is 1. The summed E-state index contributed by atoms with van der Waals surface area (Å²) in [5.41, 5.74) is -0.00713. The van der Waals surface area contributed by atoms with Gasteiger partial charge in [-0.15, -0.1) is 0 Å². The number of carbonyl (C=O) groups is 1. The summed E-state index contributed by atoms with van der Waals surface area (Å²) in [6.07, 6.45) is -2.01. The summed E-state index contributed by atoms with van der Waals surface area (Å²) in [4.78, 5) is 12.8. The molecule has 1 aromatic carbocycles. The molecule has 22 heavy (non-hydrogen) atoms. The molecule has 6 heteroatoms. The van der Waals surface area contributed by atoms with Crippen molar-refractivity contribution in [2.24, 2.45) is 0 Å². The molecule has 0 fully saturated rings. The Balaban J connectivity index is 2.26. The fourth-order valence-electron chi connectivity index (χ4n) is 2.74. The maximum Gasteiger partial charge on any atom is 0.408 e. The molecule has 1 aromatic rings. The zero-order chi connectivity index (χ0) is 16.5. The van der Waals surface area contributed by atoms with E-state index in [0.29, 0.717) is 30.3 Å². The highest BCUT2D eigenvalue weighted by atomic mass is 16.6. The summed E-state index contributed by atoms with van der Waals surface area (Å²) in [5.74, 6) is 1.22. The van der Waals surface area contributed by atoms with Crippen LogP contribution in [0, 0.1) is 0 Å². The fourth-order valence-corrected chi connectivity index (χ4v) is 2.74. The molecule has 1 heterocycles. The lowest BCUT2D eigenvalue weighted by molar-refractivity contribution is 0.0140. The Morgan fingerprint density at radius 1 is 1.23 bits per heavy atom. The van der Waals surface area contributed by atoms with E-state index in [1.54, 1.807) is 45.9 Å². The highest BCUT2D eigenvalue weighted by Gasteiger charge is 2.35. The van der Waals surface area contributed by atoms with Gasteiger partial charge in [0.25, 0.3) is 0 Å². The van der Waals surface area contributed by atoms with E-state index in [1.807, 2.05) is 0 Å². The number of carboxylic acid groups (broad SMARTS) is 1. The second kappa shape index (κ2) is 6.04. The molecule has 0 radical (unpaired) electrons. The molecule has 2 N–H and O–H groups in total. The molecule has 122 valence electrons. The monoisotopic (exact) mass is 309 g/mol. The van der Waals surface area contributed by atoms with Crippen LogP contribution in [-0.2, 0) is 0 Å². The van der Waals surface area contributed by atoms with E-state index in [4.69, 9.17) is 9.47 Å². The largest absolute Gasteiger partial charge is 0.486 e. The summed E-state index contributed by atoms with van der Waals surface area (Å²) in [6, 6.07) is 4.58. The number of amides is 1. The van der Waals surface area contributed by atoms with Gasteiger partial charge in [0.2, 0.25) is 0 Å². The second-order valence-corrected chi connectivity index (χ2v) is 6.41. The van der Waals surface area contributed by atoms with Crippen LogP contribution in [0.1, 0.15) is 39.4 Å². The third kappa shape index (κ3) is 3.27. The van der Waals surface area contributed by atoms with Crippen LogP contribution >= 0.6 is 0 Å². The van der Waals surface area contributed by atoms with E-state index in [2.05, 4.69) is 0 Å². The van der Waals surface area contributed by atoms with Gasteiger partial charge in [-0.05, 0) is 45.4 Å². The maximum atomic E-state index is 11.5. The number of hydrogen-bond acceptors (Lipinski definition) is 4. The highest BCUT2D eigenvalue weighted by Crippen LogP contribution is 2.35. The van der Waals surface area contributed by atoms with Crippen molar-refractivity contribution < 1.29 is 24.5 Å². The molecule has 0 bridgehead atoms. The summed E-state index contributed by atoms with van der Waals surface area (Å²) < 4.78 is 11.0. The molecule has 1 aliphatic rings. The van der Waals surface area contributed by atoms with Crippen molar-refractivity contribution in [1.82, 2.24) is 4.90 Å². The van der Waals surface area contributed by atoms with Crippen LogP contribution in [0.5, 0.6) is 11.5 Å². The number of aliphatic hydroxyl groups is 1. The first-order chi connectivity index (χ1) is 10.2. The van der Waals surface area contributed by atoms with Crippen LogP contribution in [0.4, 0.5) is 4.79 Å². The molecule has 0 saturated heterocycles. The van der Waals surface area contributed by atoms with Crippen molar-refractivity contribution in [3.63, 3.8) is 0 Å². The topological polar surface area (TPSA) is 79.2 Å². The summed E-state index contributed by atoms with van der Waals surface area (Å²) >= 11 is 0. The van der Waals surface area contributed by atoms with Gasteiger partial charge in [-0.2, -0.15) is 0 Å². The first-order valence-corrected chi connectivity index (χ1v) is 7.31. The lowest BCUT2D eigenvalue weighted by Crippen LogP contribution is -2.52. The predicted octanol–water partition coefficient (Wildman–Crippen LogP) is 2.66. The van der Waals surface area contributed by atoms with Crippen LogP contribution in [0.2, 0.25) is 0 Å². The van der Waals surface area contributed by atoms with Crippen molar-refractivity contribution in [3.8, 4) is 11.5 Å². The Morgan fingerprint density at radius 2 is 1.82 bits per heavy atom. The van der Waals surface area contributed by atoms with Gasteiger partial charge in [0.05, 0.1) is 12.1 Å². The Labute approximate surface area is 130 Å². The average molecular weight is 309 g/mol. The molecule has 0 spiro atoms. The smallest absolute Gasteiger partial charge is 0.408 e. The van der Waals surface area contributed by atoms with Gasteiger partial charge in [-0.25, -0.2) is 4.79 Å². The van der Waals surface area contributed by atoms with E-state index in [1.165, 1.54) is 4.90 Å². The first kappa shape index (κ1) is 16.4. The second-order valence-electron chi connectivity index (χ2n) is 6.41. The lowest BCUT2D eigenvalue weighted by atomic mass is 9.97. The van der Waals surface area contributed by atoms with E-state index in [-0.39, 0.29) is 0 Å². The molecule has 0 saturated carbocycles. The molecule has 1 aliphatic heterocycles. The minimum absolute atomic E-state index is 0.464. The van der Waals surface area contributed by atoms with Gasteiger partial charge in [-0.1, -0.05) is 6.07 Å². The number of aliphatic hydroxyl groups excluding tert-OH is 1. The average Bonchev–Trinajstić information content (AvgIpc) is 2.44. The third-order valence-corrected chi connectivity index (χ3v) is 3.70. The van der Waals surface area contributed by atoms with Gasteiger partial charge in [0.15, 0.2) is 11.5 Å². The van der Waals surface area contributed by atoms with E-state index in [9.17, 15) is 15.0 Å². The number of nitrogens with zero attached hydrogens (tertiary/aromatic N) is 1. The van der Waals surface area contributed by atoms with Crippen LogP contribution in [0.25, 0.3) is 0 Å². The fraction of sp³-hybridized carbons (Fsp3) is 0.562. The quantitative estimate of drug-likeness (QED) is 0.897. The van der Waals surface area contributed by atoms with Crippen molar-refractivity contribution in [3.05, 3.63) is 23.8 Å². The van der Waals surface area contributed by atoms with E-state index >= 15 is 0 Å². The van der Waals surface area contributed by atoms with Crippen molar-refractivity contribution >= 4 is 6.09 Å². The molecule has 6 nitrogen and oxygen atoms in total. The third-order valence-electron chi connectivity index (χ3n) is 3.70. The van der Waals surface area contributed by atoms with Crippen LogP contribution < -0.4 is 9.47 Å². The number of rotatable bonds is 3. The van der Waals surface area contributed by atoms with E-state index in [0.717, 1.165) is 0 Å². The number of ether oxygens (including phenoxy) is 2. The van der Waals surface area contributed by atoms with Gasteiger partial charge in [0, 0.05) is 5.54 Å². The first-order valence-electron chi connectivity index (χ1n) is 7.31. The van der Waals surface area contributed by atoms with Crippen molar-refractivity contribution in [2.45, 2.75) is 45.4 Å². The summed E-state index contributed by atoms with van der Waals surface area (Å²) in [7, 11) is 0. The standard InChI is InChI=1S/C16H23NO5/c1-10(17(15(19)20)16(2,3)4)14(18)11-5-6-12-13(9-11)22-8-7-21-12/h5-6,9-10,14,18H,7-8H2,1-4H3,(H,19,20)/t10-,14+/m0/s1. The van der Waals surface area contributed by atoms with Gasteiger partial charge in [-0.3, -0.25) is 4.90 Å². The zero-order valence-corrected chi connectivity index (χ0v) is 13.4. The van der Waals surface area contributed by atoms with Crippen molar-refractivity contribution in [2.75, 3.05) is 13.2 Å². The summed E-state index contributed by atoms with van der Waals surface area (Å²) in [6.45, 7) is 8.06. The van der Waals surface area contributed by atoms with Crippen molar-refractivity contribution in [1.29, 1.82) is 0 Å². The Bertz CT molecular complexity index is 552.